The molecule has 0 saturated heterocycles. The zero-order chi connectivity index (χ0) is 17.1. The Bertz CT molecular complexity index is 1020. The number of aromatic nitrogens is 1. The lowest BCUT2D eigenvalue weighted by Gasteiger charge is -2.04. The molecule has 0 spiro atoms. The lowest BCUT2D eigenvalue weighted by molar-refractivity contribution is 0.0695. The second-order valence-corrected chi connectivity index (χ2v) is 5.14. The lowest BCUT2D eigenvalue weighted by atomic mass is 10.2. The van der Waals surface area contributed by atoms with E-state index < -0.39 is 22.4 Å². The molecule has 0 saturated carbocycles. The highest BCUT2D eigenvalue weighted by Crippen LogP contribution is 2.13. The predicted octanol–water partition coefficient (Wildman–Crippen LogP) is 2.17. The highest BCUT2D eigenvalue weighted by atomic mass is 16.5. The van der Waals surface area contributed by atoms with E-state index in [0.29, 0.717) is 5.52 Å². The molecule has 0 bridgehead atoms. The fraction of sp³-hybridized carbons (Fsp3) is 0.0556. The maximum atomic E-state index is 12.3. The molecule has 6 heteroatoms. The number of ether oxygens (including phenoxy) is 1. The van der Waals surface area contributed by atoms with Crippen molar-refractivity contribution in [2.24, 2.45) is 0 Å². The predicted molar refractivity (Wildman–Crippen MR) is 88.6 cm³/mol. The Labute approximate surface area is 136 Å². The van der Waals surface area contributed by atoms with Crippen molar-refractivity contribution < 1.29 is 14.6 Å². The molecule has 1 heterocycles. The Morgan fingerprint density at radius 3 is 2.54 bits per heavy atom. The molecule has 0 atom stereocenters. The third-order valence-electron chi connectivity index (χ3n) is 3.54. The Morgan fingerprint density at radius 2 is 1.83 bits per heavy atom. The van der Waals surface area contributed by atoms with Crippen LogP contribution in [-0.2, 0) is 6.61 Å². The molecule has 6 nitrogen and oxygen atoms in total. The minimum atomic E-state index is -1.33. The van der Waals surface area contributed by atoms with Gasteiger partial charge in [0.25, 0.3) is 0 Å². The van der Waals surface area contributed by atoms with Crippen molar-refractivity contribution in [1.82, 2.24) is 4.98 Å². The van der Waals surface area contributed by atoms with Crippen LogP contribution in [0.5, 0.6) is 5.75 Å². The van der Waals surface area contributed by atoms with Crippen LogP contribution in [0.1, 0.15) is 15.9 Å². The zero-order valence-electron chi connectivity index (χ0n) is 12.5. The van der Waals surface area contributed by atoms with Crippen LogP contribution >= 0.6 is 0 Å². The molecule has 0 aliphatic rings. The number of carboxylic acid groups (broad SMARTS) is 1. The Hall–Kier alpha value is -3.41. The van der Waals surface area contributed by atoms with Crippen molar-refractivity contribution in [3.63, 3.8) is 0 Å². The van der Waals surface area contributed by atoms with Gasteiger partial charge in [-0.25, -0.2) is 4.79 Å². The summed E-state index contributed by atoms with van der Waals surface area (Å²) in [5.74, 6) is -1.35. The van der Waals surface area contributed by atoms with Gasteiger partial charge in [0.05, 0.1) is 5.39 Å². The normalized spacial score (nSPS) is 10.5. The number of aromatic carboxylic acids is 1. The van der Waals surface area contributed by atoms with Crippen LogP contribution in [0.15, 0.2) is 64.3 Å². The van der Waals surface area contributed by atoms with Gasteiger partial charge in [-0.3, -0.25) is 9.59 Å². The number of carbonyl (C=O) groups is 1. The highest BCUT2D eigenvalue weighted by Gasteiger charge is 2.12. The molecule has 1 aromatic heterocycles. The molecular weight excluding hydrogens is 310 g/mol. The van der Waals surface area contributed by atoms with Crippen molar-refractivity contribution in [3.8, 4) is 5.75 Å². The topological polar surface area (TPSA) is 96.5 Å². The summed E-state index contributed by atoms with van der Waals surface area (Å²) in [5, 5.41) is 9.13. The molecule has 3 aromatic rings. The SMILES string of the molecule is O=C(O)c1c[nH]c2ccc(=O)c(OCc3ccccc3)cc2c1=O. The zero-order valence-corrected chi connectivity index (χ0v) is 12.5. The monoisotopic (exact) mass is 323 g/mol. The number of fused-ring (bicyclic) bond motifs is 1. The first kappa shape index (κ1) is 15.5. The van der Waals surface area contributed by atoms with E-state index in [1.165, 1.54) is 18.2 Å². The van der Waals surface area contributed by atoms with Crippen molar-refractivity contribution in [3.05, 3.63) is 86.3 Å². The maximum Gasteiger partial charge on any atom is 0.341 e. The fourth-order valence-corrected chi connectivity index (χ4v) is 2.29. The highest BCUT2D eigenvalue weighted by molar-refractivity contribution is 5.92. The molecule has 24 heavy (non-hydrogen) atoms. The van der Waals surface area contributed by atoms with Crippen molar-refractivity contribution >= 4 is 16.9 Å². The standard InChI is InChI=1S/C18H13NO5/c20-15-7-6-14-12(17(21)13(9-19-14)18(22)23)8-16(15)24-10-11-4-2-1-3-5-11/h1-9H,10H2,(H,19,21)(H,22,23). The van der Waals surface area contributed by atoms with Crippen molar-refractivity contribution in [2.45, 2.75) is 6.61 Å². The lowest BCUT2D eigenvalue weighted by Crippen LogP contribution is -2.15. The summed E-state index contributed by atoms with van der Waals surface area (Å²) >= 11 is 0. The van der Waals surface area contributed by atoms with Gasteiger partial charge in [0.15, 0.2) is 5.75 Å². The average Bonchev–Trinajstić information content (AvgIpc) is 2.74. The number of hydrogen-bond donors (Lipinski definition) is 2. The number of nitrogens with one attached hydrogen (secondary N) is 1. The third kappa shape index (κ3) is 3.03. The van der Waals surface area contributed by atoms with Crippen LogP contribution in [0.2, 0.25) is 0 Å². The summed E-state index contributed by atoms with van der Waals surface area (Å²) in [6, 6.07) is 13.3. The van der Waals surface area contributed by atoms with E-state index in [9.17, 15) is 14.4 Å². The number of benzene rings is 1. The van der Waals surface area contributed by atoms with Gasteiger partial charge < -0.3 is 14.8 Å². The Morgan fingerprint density at radius 1 is 1.08 bits per heavy atom. The Balaban J connectivity index is 2.09. The minimum absolute atomic E-state index is 0.0121. The summed E-state index contributed by atoms with van der Waals surface area (Å²) in [4.78, 5) is 38.2. The smallest absolute Gasteiger partial charge is 0.341 e. The second-order valence-electron chi connectivity index (χ2n) is 5.14. The van der Waals surface area contributed by atoms with Crippen LogP contribution in [0.25, 0.3) is 10.9 Å². The van der Waals surface area contributed by atoms with Crippen LogP contribution < -0.4 is 15.6 Å². The molecule has 0 unspecified atom stereocenters. The van der Waals surface area contributed by atoms with E-state index in [-0.39, 0.29) is 17.7 Å². The van der Waals surface area contributed by atoms with Crippen LogP contribution in [0.4, 0.5) is 0 Å². The van der Waals surface area contributed by atoms with Gasteiger partial charge in [0.1, 0.15) is 12.2 Å². The van der Waals surface area contributed by atoms with Crippen molar-refractivity contribution in [1.29, 1.82) is 0 Å². The largest absolute Gasteiger partial charge is 0.485 e. The van der Waals surface area contributed by atoms with Crippen LogP contribution in [0, 0.1) is 0 Å². The van der Waals surface area contributed by atoms with Gasteiger partial charge in [0, 0.05) is 11.7 Å². The number of aromatic amines is 1. The molecule has 0 amide bonds. The fourth-order valence-electron chi connectivity index (χ4n) is 2.29. The molecule has 2 N–H and O–H groups in total. The third-order valence-corrected chi connectivity index (χ3v) is 3.54. The minimum Gasteiger partial charge on any atom is -0.485 e. The molecular formula is C18H13NO5. The van der Waals surface area contributed by atoms with Crippen LogP contribution in [-0.4, -0.2) is 16.1 Å². The number of pyridine rings is 1. The number of rotatable bonds is 4. The Kier molecular flexibility index (Phi) is 4.11. The van der Waals surface area contributed by atoms with E-state index in [4.69, 9.17) is 9.84 Å². The van der Waals surface area contributed by atoms with Gasteiger partial charge in [-0.05, 0) is 23.8 Å². The molecule has 0 fully saturated rings. The number of hydrogen-bond acceptors (Lipinski definition) is 4. The first-order valence-corrected chi connectivity index (χ1v) is 7.16. The number of carboxylic acids is 1. The summed E-state index contributed by atoms with van der Waals surface area (Å²) in [7, 11) is 0. The second kappa shape index (κ2) is 6.37. The molecule has 2 aromatic carbocycles. The summed E-state index contributed by atoms with van der Waals surface area (Å²) < 4.78 is 5.53. The average molecular weight is 323 g/mol. The maximum absolute atomic E-state index is 12.3. The van der Waals surface area contributed by atoms with Gasteiger partial charge in [-0.2, -0.15) is 0 Å². The summed E-state index contributed by atoms with van der Waals surface area (Å²) in [5.41, 5.74) is -0.233. The molecule has 0 aliphatic heterocycles. The van der Waals surface area contributed by atoms with E-state index in [0.717, 1.165) is 11.8 Å². The number of H-pyrrole nitrogens is 1. The first-order chi connectivity index (χ1) is 11.6. The van der Waals surface area contributed by atoms with Gasteiger partial charge >= 0.3 is 5.97 Å². The molecule has 0 radical (unpaired) electrons. The van der Waals surface area contributed by atoms with Gasteiger partial charge in [-0.1, -0.05) is 30.3 Å². The molecule has 3 rings (SSSR count). The van der Waals surface area contributed by atoms with Gasteiger partial charge in [-0.15, -0.1) is 0 Å². The molecule has 120 valence electrons. The van der Waals surface area contributed by atoms with Crippen molar-refractivity contribution in [2.75, 3.05) is 0 Å². The quantitative estimate of drug-likeness (QED) is 0.767. The van der Waals surface area contributed by atoms with E-state index >= 15 is 0 Å². The van der Waals surface area contributed by atoms with E-state index in [1.54, 1.807) is 0 Å². The first-order valence-electron chi connectivity index (χ1n) is 7.16. The van der Waals surface area contributed by atoms with Crippen LogP contribution in [0.3, 0.4) is 0 Å². The summed E-state index contributed by atoms with van der Waals surface area (Å²) in [6.07, 6.45) is 1.11. The van der Waals surface area contributed by atoms with Gasteiger partial charge in [0.2, 0.25) is 10.9 Å². The van der Waals surface area contributed by atoms with E-state index in [2.05, 4.69) is 4.98 Å². The van der Waals surface area contributed by atoms with E-state index in [1.807, 2.05) is 30.3 Å². The summed E-state index contributed by atoms with van der Waals surface area (Å²) in [6.45, 7) is 0.165. The molecule has 0 aliphatic carbocycles.